The third-order valence-corrected chi connectivity index (χ3v) is 5.04. The van der Waals surface area contributed by atoms with Gasteiger partial charge in [-0.05, 0) is 43.9 Å². The first-order valence-electron chi connectivity index (χ1n) is 8.85. The molecule has 8 heteroatoms. The van der Waals surface area contributed by atoms with Crippen molar-refractivity contribution in [3.63, 3.8) is 0 Å². The van der Waals surface area contributed by atoms with Crippen LogP contribution in [-0.4, -0.2) is 42.1 Å². The molecule has 1 aliphatic heterocycles. The standard InChI is InChI=1S/C18H25ClN4O3/c1-12(25-2)18-21-17(26-22-18)10-20-15-9-14(19)3-4-16(15)23-7-5-13(11-24)6-8-23/h3-4,9,12-13,20,24H,5-8,10-11H2,1-2H3. The van der Waals surface area contributed by atoms with Crippen LogP contribution < -0.4 is 10.2 Å². The second-order valence-electron chi connectivity index (χ2n) is 6.55. The van der Waals surface area contributed by atoms with E-state index in [1.165, 1.54) is 0 Å². The van der Waals surface area contributed by atoms with Crippen LogP contribution in [0.5, 0.6) is 0 Å². The van der Waals surface area contributed by atoms with Crippen LogP contribution in [-0.2, 0) is 11.3 Å². The van der Waals surface area contributed by atoms with Crippen LogP contribution in [0, 0.1) is 5.92 Å². The predicted octanol–water partition coefficient (Wildman–Crippen LogP) is 3.25. The Bertz CT molecular complexity index is 716. The number of hydrogen-bond donors (Lipinski definition) is 2. The first-order chi connectivity index (χ1) is 12.6. The molecule has 0 bridgehead atoms. The van der Waals surface area contributed by atoms with E-state index in [4.69, 9.17) is 20.9 Å². The topological polar surface area (TPSA) is 83.7 Å². The van der Waals surface area contributed by atoms with Crippen molar-refractivity contribution >= 4 is 23.0 Å². The third-order valence-electron chi connectivity index (χ3n) is 4.80. The van der Waals surface area contributed by atoms with E-state index in [9.17, 15) is 5.11 Å². The second kappa shape index (κ2) is 8.70. The highest BCUT2D eigenvalue weighted by Gasteiger charge is 2.21. The number of nitrogens with zero attached hydrogens (tertiary/aromatic N) is 3. The lowest BCUT2D eigenvalue weighted by atomic mass is 9.97. The maximum Gasteiger partial charge on any atom is 0.246 e. The van der Waals surface area contributed by atoms with Gasteiger partial charge in [-0.2, -0.15) is 4.98 Å². The highest BCUT2D eigenvalue weighted by atomic mass is 35.5. The van der Waals surface area contributed by atoms with Crippen LogP contribution in [0.1, 0.15) is 37.6 Å². The summed E-state index contributed by atoms with van der Waals surface area (Å²) in [6.45, 7) is 4.37. The van der Waals surface area contributed by atoms with E-state index in [-0.39, 0.29) is 12.7 Å². The summed E-state index contributed by atoms with van der Waals surface area (Å²) in [6.07, 6.45) is 1.77. The van der Waals surface area contributed by atoms with Crippen LogP contribution in [0.4, 0.5) is 11.4 Å². The maximum absolute atomic E-state index is 9.33. The molecule has 1 aliphatic rings. The molecular weight excluding hydrogens is 356 g/mol. The number of rotatable bonds is 7. The molecule has 1 aromatic carbocycles. The molecule has 2 heterocycles. The zero-order chi connectivity index (χ0) is 18.5. The van der Waals surface area contributed by atoms with Gasteiger partial charge in [0.25, 0.3) is 0 Å². The molecule has 0 aliphatic carbocycles. The summed E-state index contributed by atoms with van der Waals surface area (Å²) < 4.78 is 10.5. The molecule has 1 fully saturated rings. The molecular formula is C18H25ClN4O3. The maximum atomic E-state index is 9.33. The molecule has 1 unspecified atom stereocenters. The van der Waals surface area contributed by atoms with Gasteiger partial charge in [0, 0.05) is 31.8 Å². The Morgan fingerprint density at radius 2 is 2.19 bits per heavy atom. The highest BCUT2D eigenvalue weighted by molar-refractivity contribution is 6.31. The summed E-state index contributed by atoms with van der Waals surface area (Å²) in [5.74, 6) is 1.42. The molecule has 1 aromatic heterocycles. The van der Waals surface area contributed by atoms with Gasteiger partial charge in [0.15, 0.2) is 5.82 Å². The Kier molecular flexibility index (Phi) is 6.34. The fraction of sp³-hybridized carbons (Fsp3) is 0.556. The molecule has 1 atom stereocenters. The normalized spacial score (nSPS) is 16.7. The number of ether oxygens (including phenoxy) is 1. The number of hydrogen-bond acceptors (Lipinski definition) is 7. The third kappa shape index (κ3) is 4.47. The van der Waals surface area contributed by atoms with Gasteiger partial charge < -0.3 is 24.6 Å². The quantitative estimate of drug-likeness (QED) is 0.762. The summed E-state index contributed by atoms with van der Waals surface area (Å²) in [6, 6.07) is 5.82. The van der Waals surface area contributed by atoms with Gasteiger partial charge >= 0.3 is 0 Å². The van der Waals surface area contributed by atoms with Gasteiger partial charge in [0.05, 0.1) is 17.9 Å². The van der Waals surface area contributed by atoms with Crippen LogP contribution in [0.25, 0.3) is 0 Å². The summed E-state index contributed by atoms with van der Waals surface area (Å²) in [5.41, 5.74) is 2.02. The van der Waals surface area contributed by atoms with E-state index < -0.39 is 0 Å². The van der Waals surface area contributed by atoms with Gasteiger partial charge in [0.2, 0.25) is 5.89 Å². The molecule has 26 heavy (non-hydrogen) atoms. The van der Waals surface area contributed by atoms with Gasteiger partial charge in [0.1, 0.15) is 6.10 Å². The zero-order valence-corrected chi connectivity index (χ0v) is 15.9. The highest BCUT2D eigenvalue weighted by Crippen LogP contribution is 2.32. The average molecular weight is 381 g/mol. The molecule has 3 rings (SSSR count). The minimum Gasteiger partial charge on any atom is -0.396 e. The van der Waals surface area contributed by atoms with E-state index in [1.54, 1.807) is 7.11 Å². The van der Waals surface area contributed by atoms with Crippen molar-refractivity contribution in [1.29, 1.82) is 0 Å². The van der Waals surface area contributed by atoms with Crippen molar-refractivity contribution < 1.29 is 14.4 Å². The van der Waals surface area contributed by atoms with Gasteiger partial charge in [-0.25, -0.2) is 0 Å². The van der Waals surface area contributed by atoms with Crippen LogP contribution in [0.15, 0.2) is 22.7 Å². The van der Waals surface area contributed by atoms with Crippen molar-refractivity contribution in [2.75, 3.05) is 37.0 Å². The van der Waals surface area contributed by atoms with E-state index >= 15 is 0 Å². The number of nitrogens with one attached hydrogen (secondary N) is 1. The molecule has 0 radical (unpaired) electrons. The molecule has 2 aromatic rings. The summed E-state index contributed by atoms with van der Waals surface area (Å²) in [5, 5.41) is 17.3. The molecule has 0 amide bonds. The largest absolute Gasteiger partial charge is 0.396 e. The van der Waals surface area contributed by atoms with Crippen molar-refractivity contribution in [1.82, 2.24) is 10.1 Å². The van der Waals surface area contributed by atoms with E-state index in [2.05, 4.69) is 20.4 Å². The van der Waals surface area contributed by atoms with Crippen LogP contribution in [0.2, 0.25) is 5.02 Å². The second-order valence-corrected chi connectivity index (χ2v) is 6.99. The van der Waals surface area contributed by atoms with Gasteiger partial charge in [-0.1, -0.05) is 16.8 Å². The number of anilines is 2. The fourth-order valence-electron chi connectivity index (χ4n) is 3.06. The SMILES string of the molecule is COC(C)c1noc(CNc2cc(Cl)ccc2N2CCC(CO)CC2)n1. The van der Waals surface area contributed by atoms with E-state index in [0.29, 0.717) is 29.2 Å². The Hall–Kier alpha value is -1.83. The Balaban J connectivity index is 1.69. The fourth-order valence-corrected chi connectivity index (χ4v) is 3.24. The Labute approximate surface area is 158 Å². The number of aliphatic hydroxyl groups excluding tert-OH is 1. The molecule has 0 saturated carbocycles. The molecule has 2 N–H and O–H groups in total. The lowest BCUT2D eigenvalue weighted by molar-refractivity contribution is 0.109. The summed E-state index contributed by atoms with van der Waals surface area (Å²) >= 11 is 6.19. The number of benzene rings is 1. The monoisotopic (exact) mass is 380 g/mol. The lowest BCUT2D eigenvalue weighted by Crippen LogP contribution is -2.35. The number of piperidine rings is 1. The first kappa shape index (κ1) is 18.9. The molecule has 7 nitrogen and oxygen atoms in total. The van der Waals surface area contributed by atoms with Crippen molar-refractivity contribution in [3.8, 4) is 0 Å². The first-order valence-corrected chi connectivity index (χ1v) is 9.23. The number of aliphatic hydroxyl groups is 1. The molecule has 1 saturated heterocycles. The van der Waals surface area contributed by atoms with Gasteiger partial charge in [-0.3, -0.25) is 0 Å². The number of halogens is 1. The van der Waals surface area contributed by atoms with E-state index in [0.717, 1.165) is 37.3 Å². The van der Waals surface area contributed by atoms with Crippen LogP contribution in [0.3, 0.4) is 0 Å². The van der Waals surface area contributed by atoms with Gasteiger partial charge in [-0.15, -0.1) is 0 Å². The lowest BCUT2D eigenvalue weighted by Gasteiger charge is -2.34. The minimum atomic E-state index is -0.206. The number of aromatic nitrogens is 2. The summed E-state index contributed by atoms with van der Waals surface area (Å²) in [4.78, 5) is 6.66. The van der Waals surface area contributed by atoms with E-state index in [1.807, 2.05) is 25.1 Å². The summed E-state index contributed by atoms with van der Waals surface area (Å²) in [7, 11) is 1.61. The zero-order valence-electron chi connectivity index (χ0n) is 15.1. The molecule has 142 valence electrons. The van der Waals surface area contributed by atoms with Crippen LogP contribution >= 0.6 is 11.6 Å². The Morgan fingerprint density at radius 3 is 2.88 bits per heavy atom. The Morgan fingerprint density at radius 1 is 1.42 bits per heavy atom. The van der Waals surface area contributed by atoms with Crippen molar-refractivity contribution in [3.05, 3.63) is 34.9 Å². The number of methoxy groups -OCH3 is 1. The smallest absolute Gasteiger partial charge is 0.246 e. The predicted molar refractivity (Wildman–Crippen MR) is 101 cm³/mol. The molecule has 0 spiro atoms. The van der Waals surface area contributed by atoms with Crippen molar-refractivity contribution in [2.24, 2.45) is 5.92 Å². The average Bonchev–Trinajstić information content (AvgIpc) is 3.15. The van der Waals surface area contributed by atoms with Crippen molar-refractivity contribution in [2.45, 2.75) is 32.4 Å². The minimum absolute atomic E-state index is 0.206.